The number of rotatable bonds is 6. The Morgan fingerprint density at radius 2 is 1.63 bits per heavy atom. The summed E-state index contributed by atoms with van der Waals surface area (Å²) in [4.78, 5) is 14.3. The van der Waals surface area contributed by atoms with E-state index in [1.807, 2.05) is 13.8 Å². The lowest BCUT2D eigenvalue weighted by Crippen LogP contribution is -2.27. The van der Waals surface area contributed by atoms with E-state index >= 15 is 0 Å². The molecule has 0 fully saturated rings. The van der Waals surface area contributed by atoms with Crippen LogP contribution in [0.4, 0.5) is 5.69 Å². The van der Waals surface area contributed by atoms with Gasteiger partial charge < -0.3 is 10.2 Å². The first-order chi connectivity index (χ1) is 8.97. The summed E-state index contributed by atoms with van der Waals surface area (Å²) in [6.45, 7) is 13.2. The first-order valence-electron chi connectivity index (χ1n) is 7.08. The molecular weight excluding hydrogens is 236 g/mol. The first kappa shape index (κ1) is 15.7. The second-order valence-corrected chi connectivity index (χ2v) is 5.10. The summed E-state index contributed by atoms with van der Waals surface area (Å²) in [5.41, 5.74) is 4.47. The molecule has 0 saturated heterocycles. The highest BCUT2D eigenvalue weighted by molar-refractivity contribution is 5.92. The summed E-state index contributed by atoms with van der Waals surface area (Å²) in [6, 6.07) is 4.21. The zero-order valence-electron chi connectivity index (χ0n) is 12.8. The van der Waals surface area contributed by atoms with Gasteiger partial charge in [0.2, 0.25) is 5.91 Å². The van der Waals surface area contributed by atoms with E-state index in [0.717, 1.165) is 36.4 Å². The predicted molar refractivity (Wildman–Crippen MR) is 81.7 cm³/mol. The summed E-state index contributed by atoms with van der Waals surface area (Å²) in [6.07, 6.45) is 0.550. The molecule has 0 aliphatic carbocycles. The van der Waals surface area contributed by atoms with E-state index < -0.39 is 0 Å². The van der Waals surface area contributed by atoms with Gasteiger partial charge in [-0.2, -0.15) is 0 Å². The Kier molecular flexibility index (Phi) is 6.03. The number of nitrogens with one attached hydrogen (secondary N) is 1. The van der Waals surface area contributed by atoms with E-state index in [2.05, 4.69) is 43.1 Å². The molecule has 0 unspecified atom stereocenters. The van der Waals surface area contributed by atoms with Gasteiger partial charge in [-0.25, -0.2) is 0 Å². The fraction of sp³-hybridized carbons (Fsp3) is 0.562. The van der Waals surface area contributed by atoms with Crippen LogP contribution in [-0.2, 0) is 4.79 Å². The largest absolute Gasteiger partial charge is 0.326 e. The average Bonchev–Trinajstić information content (AvgIpc) is 2.35. The van der Waals surface area contributed by atoms with E-state index in [4.69, 9.17) is 0 Å². The Hall–Kier alpha value is -1.35. The van der Waals surface area contributed by atoms with Crippen molar-refractivity contribution in [1.82, 2.24) is 4.90 Å². The molecule has 3 nitrogen and oxygen atoms in total. The Balaban J connectivity index is 2.62. The van der Waals surface area contributed by atoms with Crippen molar-refractivity contribution < 1.29 is 4.79 Å². The van der Waals surface area contributed by atoms with Crippen molar-refractivity contribution in [3.8, 4) is 0 Å². The molecule has 0 aliphatic rings. The molecular formula is C16H26N2O. The number of hydrogen-bond donors (Lipinski definition) is 1. The van der Waals surface area contributed by atoms with E-state index in [9.17, 15) is 4.79 Å². The molecule has 0 radical (unpaired) electrons. The minimum absolute atomic E-state index is 0.0990. The molecule has 0 bridgehead atoms. The second-order valence-electron chi connectivity index (χ2n) is 5.10. The van der Waals surface area contributed by atoms with E-state index in [1.165, 1.54) is 5.56 Å². The standard InChI is InChI=1S/C16H26N2O/c1-6-18(7-2)9-8-15(19)17-16-13(4)10-12(3)11-14(16)5/h10-11H,6-9H2,1-5H3,(H,17,19). The number of anilines is 1. The Bertz CT molecular complexity index is 413. The maximum atomic E-state index is 12.0. The highest BCUT2D eigenvalue weighted by atomic mass is 16.1. The van der Waals surface area contributed by atoms with Crippen molar-refractivity contribution in [3.05, 3.63) is 28.8 Å². The van der Waals surface area contributed by atoms with Crippen LogP contribution in [0.2, 0.25) is 0 Å². The van der Waals surface area contributed by atoms with Gasteiger partial charge in [0.25, 0.3) is 0 Å². The average molecular weight is 262 g/mol. The highest BCUT2D eigenvalue weighted by Crippen LogP contribution is 2.21. The molecule has 0 aliphatic heterocycles. The molecule has 0 atom stereocenters. The molecule has 0 spiro atoms. The summed E-state index contributed by atoms with van der Waals surface area (Å²) in [5, 5.41) is 3.04. The lowest BCUT2D eigenvalue weighted by molar-refractivity contribution is -0.116. The summed E-state index contributed by atoms with van der Waals surface area (Å²) < 4.78 is 0. The van der Waals surface area contributed by atoms with Crippen molar-refractivity contribution in [2.45, 2.75) is 41.0 Å². The summed E-state index contributed by atoms with van der Waals surface area (Å²) in [7, 11) is 0. The van der Waals surface area contributed by atoms with Crippen LogP contribution in [0.1, 0.15) is 37.0 Å². The monoisotopic (exact) mass is 262 g/mol. The SMILES string of the molecule is CCN(CC)CCC(=O)Nc1c(C)cc(C)cc1C. The van der Waals surface area contributed by atoms with Crippen molar-refractivity contribution in [3.63, 3.8) is 0 Å². The third-order valence-electron chi connectivity index (χ3n) is 3.49. The molecule has 106 valence electrons. The third-order valence-corrected chi connectivity index (χ3v) is 3.49. The van der Waals surface area contributed by atoms with Crippen molar-refractivity contribution in [2.75, 3.05) is 25.0 Å². The van der Waals surface area contributed by atoms with Crippen LogP contribution in [0.3, 0.4) is 0 Å². The predicted octanol–water partition coefficient (Wildman–Crippen LogP) is 3.28. The molecule has 3 heteroatoms. The van der Waals surface area contributed by atoms with Gasteiger partial charge in [0.15, 0.2) is 0 Å². The molecule has 0 saturated carbocycles. The lowest BCUT2D eigenvalue weighted by atomic mass is 10.1. The summed E-state index contributed by atoms with van der Waals surface area (Å²) >= 11 is 0. The Labute approximate surface area is 117 Å². The molecule has 1 aromatic carbocycles. The van der Waals surface area contributed by atoms with Crippen molar-refractivity contribution in [1.29, 1.82) is 0 Å². The quantitative estimate of drug-likeness (QED) is 0.853. The topological polar surface area (TPSA) is 32.3 Å². The van der Waals surface area contributed by atoms with Crippen LogP contribution >= 0.6 is 0 Å². The van der Waals surface area contributed by atoms with Gasteiger partial charge in [0.1, 0.15) is 0 Å². The number of amides is 1. The maximum Gasteiger partial charge on any atom is 0.225 e. The van der Waals surface area contributed by atoms with Crippen LogP contribution in [0.15, 0.2) is 12.1 Å². The Morgan fingerprint density at radius 3 is 2.11 bits per heavy atom. The van der Waals surface area contributed by atoms with Crippen LogP contribution in [0, 0.1) is 20.8 Å². The number of nitrogens with zero attached hydrogens (tertiary/aromatic N) is 1. The van der Waals surface area contributed by atoms with Gasteiger partial charge in [-0.05, 0) is 45.0 Å². The summed E-state index contributed by atoms with van der Waals surface area (Å²) in [5.74, 6) is 0.0990. The smallest absolute Gasteiger partial charge is 0.225 e. The van der Waals surface area contributed by atoms with Crippen LogP contribution in [0.25, 0.3) is 0 Å². The fourth-order valence-corrected chi connectivity index (χ4v) is 2.38. The van der Waals surface area contributed by atoms with Crippen molar-refractivity contribution in [2.24, 2.45) is 0 Å². The molecule has 1 aromatic rings. The molecule has 0 heterocycles. The van der Waals surface area contributed by atoms with Crippen LogP contribution in [0.5, 0.6) is 0 Å². The van der Waals surface area contributed by atoms with E-state index in [0.29, 0.717) is 6.42 Å². The highest BCUT2D eigenvalue weighted by Gasteiger charge is 2.09. The fourth-order valence-electron chi connectivity index (χ4n) is 2.38. The zero-order chi connectivity index (χ0) is 14.4. The first-order valence-corrected chi connectivity index (χ1v) is 7.08. The molecule has 1 N–H and O–H groups in total. The molecule has 19 heavy (non-hydrogen) atoms. The number of aryl methyl sites for hydroxylation is 3. The minimum Gasteiger partial charge on any atom is -0.326 e. The van der Waals surface area contributed by atoms with Gasteiger partial charge in [0, 0.05) is 18.7 Å². The van der Waals surface area contributed by atoms with Crippen LogP contribution < -0.4 is 5.32 Å². The van der Waals surface area contributed by atoms with Crippen molar-refractivity contribution >= 4 is 11.6 Å². The van der Waals surface area contributed by atoms with E-state index in [1.54, 1.807) is 0 Å². The molecule has 0 aromatic heterocycles. The van der Waals surface area contributed by atoms with Gasteiger partial charge in [-0.3, -0.25) is 4.79 Å². The normalized spacial score (nSPS) is 10.8. The lowest BCUT2D eigenvalue weighted by Gasteiger charge is -2.18. The van der Waals surface area contributed by atoms with Crippen LogP contribution in [-0.4, -0.2) is 30.4 Å². The van der Waals surface area contributed by atoms with Gasteiger partial charge in [-0.15, -0.1) is 0 Å². The number of hydrogen-bond acceptors (Lipinski definition) is 2. The number of carbonyl (C=O) groups excluding carboxylic acids is 1. The number of benzene rings is 1. The minimum atomic E-state index is 0.0990. The Morgan fingerprint density at radius 1 is 1.11 bits per heavy atom. The van der Waals surface area contributed by atoms with Gasteiger partial charge in [0.05, 0.1) is 0 Å². The van der Waals surface area contributed by atoms with Gasteiger partial charge in [-0.1, -0.05) is 31.5 Å². The second kappa shape index (κ2) is 7.29. The zero-order valence-corrected chi connectivity index (χ0v) is 12.8. The third kappa shape index (κ3) is 4.67. The number of carbonyl (C=O) groups is 1. The van der Waals surface area contributed by atoms with E-state index in [-0.39, 0.29) is 5.91 Å². The maximum absolute atomic E-state index is 12.0. The molecule has 1 amide bonds. The van der Waals surface area contributed by atoms with Gasteiger partial charge >= 0.3 is 0 Å². The molecule has 1 rings (SSSR count).